The number of benzene rings is 3. The van der Waals surface area contributed by atoms with Crippen molar-refractivity contribution in [1.29, 1.82) is 0 Å². The second kappa shape index (κ2) is 6.20. The predicted molar refractivity (Wildman–Crippen MR) is 130 cm³/mol. The van der Waals surface area contributed by atoms with E-state index in [-0.39, 0.29) is 0 Å². The average Bonchev–Trinajstić information content (AvgIpc) is 3.41. The average molecular weight is 404 g/mol. The summed E-state index contributed by atoms with van der Waals surface area (Å²) in [5.74, 6) is 0.833. The monoisotopic (exact) mass is 403 g/mol. The molecule has 1 fully saturated rings. The first-order valence-electron chi connectivity index (χ1n) is 11.7. The molecule has 0 unspecified atom stereocenters. The number of aromatic nitrogens is 2. The van der Waals surface area contributed by atoms with Gasteiger partial charge >= 0.3 is 0 Å². The van der Waals surface area contributed by atoms with Gasteiger partial charge in [-0.2, -0.15) is 0 Å². The third-order valence-electron chi connectivity index (χ3n) is 7.83. The summed E-state index contributed by atoms with van der Waals surface area (Å²) in [5.41, 5.74) is 8.31. The summed E-state index contributed by atoms with van der Waals surface area (Å²) in [6.07, 6.45) is 9.02. The molecule has 2 nitrogen and oxygen atoms in total. The van der Waals surface area contributed by atoms with Crippen molar-refractivity contribution in [3.05, 3.63) is 71.9 Å². The lowest BCUT2D eigenvalue weighted by Crippen LogP contribution is -2.29. The van der Waals surface area contributed by atoms with Crippen LogP contribution in [0.5, 0.6) is 0 Å². The second-order valence-electron chi connectivity index (χ2n) is 9.67. The SMILES string of the molecule is Cc1cccc2c1c1c3c(cc[n+]1C)cc(CC1CCCC1)c1c4ccccc4n2c13. The van der Waals surface area contributed by atoms with Crippen molar-refractivity contribution in [3.8, 4) is 0 Å². The van der Waals surface area contributed by atoms with Crippen LogP contribution in [-0.4, -0.2) is 4.40 Å². The van der Waals surface area contributed by atoms with Gasteiger partial charge in [0.1, 0.15) is 7.05 Å². The fraction of sp³-hybridized carbons (Fsp3) is 0.276. The zero-order valence-electron chi connectivity index (χ0n) is 18.3. The molecule has 3 heterocycles. The van der Waals surface area contributed by atoms with Gasteiger partial charge in [-0.05, 0) is 54.0 Å². The van der Waals surface area contributed by atoms with Gasteiger partial charge in [0.05, 0.1) is 27.3 Å². The van der Waals surface area contributed by atoms with Gasteiger partial charge in [-0.3, -0.25) is 0 Å². The van der Waals surface area contributed by atoms with Crippen LogP contribution in [-0.2, 0) is 13.5 Å². The maximum atomic E-state index is 2.56. The summed E-state index contributed by atoms with van der Waals surface area (Å²) in [6.45, 7) is 2.25. The standard InChI is InChI=1S/C29H27N2/c1-18-8-7-13-24-25(18)28-27-20(14-15-30(28)2)17-21(16-19-9-3-4-10-19)26-22-11-5-6-12-23(22)31(24)29(26)27/h5-8,11-15,17,19H,3-4,9-10,16H2,1-2H3/q+1. The Hall–Kier alpha value is -3.13. The zero-order valence-corrected chi connectivity index (χ0v) is 18.3. The highest BCUT2D eigenvalue weighted by Gasteiger charge is 2.26. The molecule has 3 aromatic carbocycles. The molecular weight excluding hydrogens is 376 g/mol. The van der Waals surface area contributed by atoms with E-state index in [1.165, 1.54) is 86.7 Å². The molecular formula is C29H27N2+. The first-order chi connectivity index (χ1) is 15.2. The van der Waals surface area contributed by atoms with E-state index in [2.05, 4.69) is 83.7 Å². The molecule has 0 atom stereocenters. The first kappa shape index (κ1) is 17.5. The minimum atomic E-state index is 0.833. The van der Waals surface area contributed by atoms with Crippen LogP contribution in [0.15, 0.2) is 60.8 Å². The van der Waals surface area contributed by atoms with E-state index in [1.54, 1.807) is 5.56 Å². The molecule has 1 saturated carbocycles. The molecule has 7 rings (SSSR count). The number of aryl methyl sites for hydroxylation is 2. The van der Waals surface area contributed by atoms with Gasteiger partial charge in [0.15, 0.2) is 6.20 Å². The van der Waals surface area contributed by atoms with Crippen molar-refractivity contribution >= 4 is 49.0 Å². The molecule has 0 radical (unpaired) electrons. The van der Waals surface area contributed by atoms with Gasteiger partial charge in [0.25, 0.3) is 0 Å². The third-order valence-corrected chi connectivity index (χ3v) is 7.83. The lowest BCUT2D eigenvalue weighted by molar-refractivity contribution is -0.643. The number of nitrogens with zero attached hydrogens (tertiary/aromatic N) is 2. The van der Waals surface area contributed by atoms with Gasteiger partial charge in [0.2, 0.25) is 5.52 Å². The molecule has 1 aliphatic carbocycles. The summed E-state index contributed by atoms with van der Waals surface area (Å²) < 4.78 is 4.88. The molecule has 0 aliphatic heterocycles. The Kier molecular flexibility index (Phi) is 3.51. The van der Waals surface area contributed by atoms with Gasteiger partial charge < -0.3 is 4.40 Å². The Morgan fingerprint density at radius 3 is 2.58 bits per heavy atom. The largest absolute Gasteiger partial charge is 0.307 e. The molecule has 0 amide bonds. The summed E-state index contributed by atoms with van der Waals surface area (Å²) in [4.78, 5) is 0. The van der Waals surface area contributed by atoms with Gasteiger partial charge in [-0.1, -0.05) is 56.0 Å². The van der Waals surface area contributed by atoms with Gasteiger partial charge in [-0.15, -0.1) is 0 Å². The van der Waals surface area contributed by atoms with Crippen LogP contribution in [0.1, 0.15) is 36.8 Å². The maximum absolute atomic E-state index is 2.56. The smallest absolute Gasteiger partial charge is 0.224 e. The molecule has 0 saturated heterocycles. The van der Waals surface area contributed by atoms with Gasteiger partial charge in [0, 0.05) is 16.8 Å². The number of rotatable bonds is 2. The number of para-hydroxylation sites is 1. The normalized spacial score (nSPS) is 15.5. The molecule has 1 aliphatic rings. The zero-order chi connectivity index (χ0) is 20.7. The Morgan fingerprint density at radius 1 is 0.903 bits per heavy atom. The van der Waals surface area contributed by atoms with Crippen molar-refractivity contribution < 1.29 is 4.57 Å². The third kappa shape index (κ3) is 2.25. The topological polar surface area (TPSA) is 8.29 Å². The van der Waals surface area contributed by atoms with Crippen molar-refractivity contribution in [2.75, 3.05) is 0 Å². The molecule has 152 valence electrons. The van der Waals surface area contributed by atoms with E-state index in [1.807, 2.05) is 0 Å². The maximum Gasteiger partial charge on any atom is 0.224 e. The number of pyridine rings is 2. The van der Waals surface area contributed by atoms with E-state index in [4.69, 9.17) is 0 Å². The van der Waals surface area contributed by atoms with Crippen LogP contribution < -0.4 is 4.57 Å². The lowest BCUT2D eigenvalue weighted by atomic mass is 9.91. The number of hydrogen-bond acceptors (Lipinski definition) is 0. The Balaban J connectivity index is 1.79. The Morgan fingerprint density at radius 2 is 1.71 bits per heavy atom. The van der Waals surface area contributed by atoms with Crippen LogP contribution in [0, 0.1) is 12.8 Å². The second-order valence-corrected chi connectivity index (χ2v) is 9.67. The van der Waals surface area contributed by atoms with Crippen molar-refractivity contribution in [2.45, 2.75) is 39.0 Å². The molecule has 0 spiro atoms. The quantitative estimate of drug-likeness (QED) is 0.170. The minimum Gasteiger partial charge on any atom is -0.307 e. The molecule has 6 aromatic rings. The van der Waals surface area contributed by atoms with E-state index >= 15 is 0 Å². The summed E-state index contributed by atoms with van der Waals surface area (Å²) in [5, 5.41) is 7.04. The summed E-state index contributed by atoms with van der Waals surface area (Å²) >= 11 is 0. The van der Waals surface area contributed by atoms with E-state index in [0.29, 0.717) is 0 Å². The summed E-state index contributed by atoms with van der Waals surface area (Å²) in [6, 6.07) is 20.6. The number of fused-ring (bicyclic) bond motifs is 6. The van der Waals surface area contributed by atoms with E-state index in [0.717, 1.165) is 5.92 Å². The van der Waals surface area contributed by atoms with Crippen LogP contribution in [0.3, 0.4) is 0 Å². The van der Waals surface area contributed by atoms with Crippen LogP contribution in [0.2, 0.25) is 0 Å². The minimum absolute atomic E-state index is 0.833. The van der Waals surface area contributed by atoms with Crippen LogP contribution in [0.25, 0.3) is 49.0 Å². The Bertz CT molecular complexity index is 1630. The van der Waals surface area contributed by atoms with E-state index in [9.17, 15) is 0 Å². The highest BCUT2D eigenvalue weighted by molar-refractivity contribution is 6.28. The molecule has 3 aromatic heterocycles. The molecule has 0 N–H and O–H groups in total. The molecule has 0 bridgehead atoms. The van der Waals surface area contributed by atoms with Crippen LogP contribution >= 0.6 is 0 Å². The summed E-state index contributed by atoms with van der Waals surface area (Å²) in [7, 11) is 2.20. The molecule has 2 heteroatoms. The van der Waals surface area contributed by atoms with Crippen molar-refractivity contribution in [2.24, 2.45) is 13.0 Å². The predicted octanol–water partition coefficient (Wildman–Crippen LogP) is 6.86. The molecule has 31 heavy (non-hydrogen) atoms. The van der Waals surface area contributed by atoms with Crippen molar-refractivity contribution in [3.63, 3.8) is 0 Å². The Labute approximate surface area is 182 Å². The lowest BCUT2D eigenvalue weighted by Gasteiger charge is -2.16. The fourth-order valence-electron chi connectivity index (χ4n) is 6.48. The fourth-order valence-corrected chi connectivity index (χ4v) is 6.48. The first-order valence-corrected chi connectivity index (χ1v) is 11.7. The highest BCUT2D eigenvalue weighted by Crippen LogP contribution is 2.43. The van der Waals surface area contributed by atoms with Crippen molar-refractivity contribution in [1.82, 2.24) is 4.40 Å². The van der Waals surface area contributed by atoms with Gasteiger partial charge in [-0.25, -0.2) is 4.57 Å². The van der Waals surface area contributed by atoms with Crippen LogP contribution in [0.4, 0.5) is 0 Å². The number of hydrogen-bond donors (Lipinski definition) is 0. The van der Waals surface area contributed by atoms with E-state index < -0.39 is 0 Å². The highest BCUT2D eigenvalue weighted by atomic mass is 15.0.